The second-order valence-corrected chi connectivity index (χ2v) is 3.92. The number of rotatable bonds is 3. The number of ether oxygens (including phenoxy) is 2. The molecule has 0 spiro atoms. The van der Waals surface area contributed by atoms with E-state index in [2.05, 4.69) is 5.32 Å². The zero-order valence-corrected chi connectivity index (χ0v) is 9.33. The summed E-state index contributed by atoms with van der Waals surface area (Å²) in [5.74, 6) is 0.482. The molecule has 1 atom stereocenters. The Balaban J connectivity index is 1.88. The molecule has 3 nitrogen and oxygen atoms in total. The van der Waals surface area contributed by atoms with E-state index in [4.69, 9.17) is 9.47 Å². The summed E-state index contributed by atoms with van der Waals surface area (Å²) in [5.41, 5.74) is 0.809. The Morgan fingerprint density at radius 2 is 2.44 bits per heavy atom. The van der Waals surface area contributed by atoms with Gasteiger partial charge in [-0.3, -0.25) is 0 Å². The maximum atomic E-state index is 12.9. The number of morpholine rings is 1. The molecule has 1 saturated heterocycles. The summed E-state index contributed by atoms with van der Waals surface area (Å²) in [6, 6.07) is 4.53. The molecule has 1 aromatic carbocycles. The van der Waals surface area contributed by atoms with E-state index in [0.717, 1.165) is 31.0 Å². The first kappa shape index (κ1) is 11.4. The summed E-state index contributed by atoms with van der Waals surface area (Å²) >= 11 is 0. The van der Waals surface area contributed by atoms with Crippen LogP contribution >= 0.6 is 0 Å². The van der Waals surface area contributed by atoms with Gasteiger partial charge in [-0.2, -0.15) is 0 Å². The van der Waals surface area contributed by atoms with Gasteiger partial charge < -0.3 is 14.8 Å². The van der Waals surface area contributed by atoms with Gasteiger partial charge in [0, 0.05) is 13.1 Å². The number of halogens is 1. The molecule has 88 valence electrons. The third kappa shape index (κ3) is 2.93. The van der Waals surface area contributed by atoms with Crippen molar-refractivity contribution in [1.29, 1.82) is 0 Å². The summed E-state index contributed by atoms with van der Waals surface area (Å²) in [7, 11) is 0. The van der Waals surface area contributed by atoms with Crippen molar-refractivity contribution in [2.24, 2.45) is 0 Å². The molecule has 1 N–H and O–H groups in total. The van der Waals surface area contributed by atoms with Crippen molar-refractivity contribution in [3.8, 4) is 5.75 Å². The van der Waals surface area contributed by atoms with Gasteiger partial charge in [0.25, 0.3) is 0 Å². The number of benzene rings is 1. The first-order valence-corrected chi connectivity index (χ1v) is 5.47. The highest BCUT2D eigenvalue weighted by molar-refractivity contribution is 5.32. The topological polar surface area (TPSA) is 30.5 Å². The minimum Gasteiger partial charge on any atom is -0.491 e. The zero-order chi connectivity index (χ0) is 11.4. The van der Waals surface area contributed by atoms with Crippen LogP contribution in [0.1, 0.15) is 5.56 Å². The molecule has 1 unspecified atom stereocenters. The van der Waals surface area contributed by atoms with E-state index in [1.807, 2.05) is 6.92 Å². The Kier molecular flexibility index (Phi) is 3.74. The monoisotopic (exact) mass is 225 g/mol. The Bertz CT molecular complexity index is 351. The van der Waals surface area contributed by atoms with E-state index < -0.39 is 0 Å². The molecule has 0 saturated carbocycles. The fourth-order valence-corrected chi connectivity index (χ4v) is 1.68. The summed E-state index contributed by atoms with van der Waals surface area (Å²) < 4.78 is 24.0. The molecule has 1 fully saturated rings. The van der Waals surface area contributed by atoms with E-state index in [9.17, 15) is 4.39 Å². The van der Waals surface area contributed by atoms with Gasteiger partial charge in [-0.25, -0.2) is 4.39 Å². The summed E-state index contributed by atoms with van der Waals surface area (Å²) in [4.78, 5) is 0. The molecular formula is C12H16FNO2. The van der Waals surface area contributed by atoms with E-state index in [1.165, 1.54) is 12.1 Å². The van der Waals surface area contributed by atoms with Gasteiger partial charge in [-0.1, -0.05) is 0 Å². The van der Waals surface area contributed by atoms with Gasteiger partial charge in [0.1, 0.15) is 24.3 Å². The predicted octanol–water partition coefficient (Wildman–Crippen LogP) is 1.50. The zero-order valence-electron chi connectivity index (χ0n) is 9.33. The standard InChI is InChI=1S/C12H16FNO2/c1-9-6-10(13)2-3-12(9)16-8-11-7-14-4-5-15-11/h2-3,6,11,14H,4-5,7-8H2,1H3. The normalized spacial score (nSPS) is 20.8. The minimum absolute atomic E-state index is 0.0817. The maximum Gasteiger partial charge on any atom is 0.123 e. The van der Waals surface area contributed by atoms with Crippen molar-refractivity contribution >= 4 is 0 Å². The van der Waals surface area contributed by atoms with Crippen LogP contribution in [-0.2, 0) is 4.74 Å². The highest BCUT2D eigenvalue weighted by Crippen LogP contribution is 2.18. The van der Waals surface area contributed by atoms with Crippen molar-refractivity contribution in [3.63, 3.8) is 0 Å². The van der Waals surface area contributed by atoms with Crippen molar-refractivity contribution in [2.45, 2.75) is 13.0 Å². The molecule has 16 heavy (non-hydrogen) atoms. The number of aryl methyl sites for hydroxylation is 1. The van der Waals surface area contributed by atoms with Crippen LogP contribution in [0.4, 0.5) is 4.39 Å². The fourth-order valence-electron chi connectivity index (χ4n) is 1.68. The van der Waals surface area contributed by atoms with E-state index >= 15 is 0 Å². The Hall–Kier alpha value is -1.13. The molecule has 0 amide bonds. The third-order valence-corrected chi connectivity index (χ3v) is 2.57. The van der Waals surface area contributed by atoms with Crippen LogP contribution in [-0.4, -0.2) is 32.4 Å². The lowest BCUT2D eigenvalue weighted by molar-refractivity contribution is 0.0000540. The van der Waals surface area contributed by atoms with Crippen molar-refractivity contribution in [3.05, 3.63) is 29.6 Å². The highest BCUT2D eigenvalue weighted by Gasteiger charge is 2.14. The van der Waals surface area contributed by atoms with Crippen molar-refractivity contribution in [1.82, 2.24) is 5.32 Å². The van der Waals surface area contributed by atoms with Crippen LogP contribution in [0.3, 0.4) is 0 Å². The number of nitrogens with one attached hydrogen (secondary N) is 1. The SMILES string of the molecule is Cc1cc(F)ccc1OCC1CNCCO1. The van der Waals surface area contributed by atoms with Crippen molar-refractivity contribution in [2.75, 3.05) is 26.3 Å². The minimum atomic E-state index is -0.236. The molecule has 0 aromatic heterocycles. The lowest BCUT2D eigenvalue weighted by Crippen LogP contribution is -2.41. The number of hydrogen-bond donors (Lipinski definition) is 1. The van der Waals surface area contributed by atoms with Gasteiger partial charge in [-0.05, 0) is 30.7 Å². The maximum absolute atomic E-state index is 12.9. The summed E-state index contributed by atoms with van der Waals surface area (Å²) in [6.07, 6.45) is 0.0817. The van der Waals surface area contributed by atoms with Crippen LogP contribution in [0, 0.1) is 12.7 Å². The molecule has 1 aliphatic rings. The van der Waals surface area contributed by atoms with Gasteiger partial charge in [-0.15, -0.1) is 0 Å². The van der Waals surface area contributed by atoms with Crippen LogP contribution in [0.25, 0.3) is 0 Å². The second-order valence-electron chi connectivity index (χ2n) is 3.92. The third-order valence-electron chi connectivity index (χ3n) is 2.57. The van der Waals surface area contributed by atoms with Gasteiger partial charge >= 0.3 is 0 Å². The van der Waals surface area contributed by atoms with Crippen molar-refractivity contribution < 1.29 is 13.9 Å². The van der Waals surface area contributed by atoms with E-state index in [0.29, 0.717) is 6.61 Å². The molecule has 0 bridgehead atoms. The summed E-state index contributed by atoms with van der Waals surface area (Å²) in [6.45, 7) is 4.75. The van der Waals surface area contributed by atoms with Gasteiger partial charge in [0.2, 0.25) is 0 Å². The predicted molar refractivity (Wildman–Crippen MR) is 59.2 cm³/mol. The van der Waals surface area contributed by atoms with Crippen LogP contribution < -0.4 is 10.1 Å². The smallest absolute Gasteiger partial charge is 0.123 e. The fraction of sp³-hybridized carbons (Fsp3) is 0.500. The molecule has 1 aliphatic heterocycles. The Morgan fingerprint density at radius 3 is 3.12 bits per heavy atom. The van der Waals surface area contributed by atoms with Gasteiger partial charge in [0.05, 0.1) is 6.61 Å². The molecule has 4 heteroatoms. The second kappa shape index (κ2) is 5.27. The largest absolute Gasteiger partial charge is 0.491 e. The molecular weight excluding hydrogens is 209 g/mol. The average Bonchev–Trinajstić information content (AvgIpc) is 2.29. The lowest BCUT2D eigenvalue weighted by Gasteiger charge is -2.23. The van der Waals surface area contributed by atoms with Crippen LogP contribution in [0.2, 0.25) is 0 Å². The van der Waals surface area contributed by atoms with E-state index in [1.54, 1.807) is 6.07 Å². The molecule has 1 heterocycles. The Morgan fingerprint density at radius 1 is 1.56 bits per heavy atom. The molecule has 0 aliphatic carbocycles. The van der Waals surface area contributed by atoms with E-state index in [-0.39, 0.29) is 11.9 Å². The quantitative estimate of drug-likeness (QED) is 0.845. The average molecular weight is 225 g/mol. The molecule has 2 rings (SSSR count). The first-order chi connectivity index (χ1) is 7.75. The van der Waals surface area contributed by atoms with Crippen LogP contribution in [0.15, 0.2) is 18.2 Å². The molecule has 0 radical (unpaired) electrons. The van der Waals surface area contributed by atoms with Gasteiger partial charge in [0.15, 0.2) is 0 Å². The summed E-state index contributed by atoms with van der Waals surface area (Å²) in [5, 5.41) is 3.23. The Labute approximate surface area is 94.6 Å². The number of hydrogen-bond acceptors (Lipinski definition) is 3. The first-order valence-electron chi connectivity index (χ1n) is 5.47. The molecule has 1 aromatic rings. The lowest BCUT2D eigenvalue weighted by atomic mass is 10.2. The highest BCUT2D eigenvalue weighted by atomic mass is 19.1. The van der Waals surface area contributed by atoms with Crippen LogP contribution in [0.5, 0.6) is 5.75 Å².